The van der Waals surface area contributed by atoms with Crippen LogP contribution in [-0.4, -0.2) is 20.3 Å². The van der Waals surface area contributed by atoms with E-state index in [1.807, 2.05) is 0 Å². The van der Waals surface area contributed by atoms with E-state index in [-0.39, 0.29) is 28.9 Å². The van der Waals surface area contributed by atoms with Crippen LogP contribution in [0.1, 0.15) is 42.7 Å². The van der Waals surface area contributed by atoms with E-state index < -0.39 is 17.5 Å². The van der Waals surface area contributed by atoms with E-state index in [1.165, 1.54) is 19.3 Å². The first-order valence-electron chi connectivity index (χ1n) is 10.7. The van der Waals surface area contributed by atoms with Gasteiger partial charge in [0.1, 0.15) is 11.6 Å². The fourth-order valence-electron chi connectivity index (χ4n) is 3.63. The van der Waals surface area contributed by atoms with Crippen LogP contribution in [0.25, 0.3) is 6.08 Å². The lowest BCUT2D eigenvalue weighted by molar-refractivity contribution is 0.0655. The Bertz CT molecular complexity index is 1010. The number of ether oxygens (including phenoxy) is 2. The van der Waals surface area contributed by atoms with Gasteiger partial charge >= 0.3 is 0 Å². The maximum atomic E-state index is 14.7. The van der Waals surface area contributed by atoms with Crippen molar-refractivity contribution in [2.75, 3.05) is 14.2 Å². The number of rotatable bonds is 10. The molecule has 2 nitrogen and oxygen atoms in total. The van der Waals surface area contributed by atoms with Gasteiger partial charge in [-0.3, -0.25) is 0 Å². The summed E-state index contributed by atoms with van der Waals surface area (Å²) in [7, 11) is 3.06. The molecule has 0 aromatic heterocycles. The van der Waals surface area contributed by atoms with Crippen molar-refractivity contribution in [3.8, 4) is 0 Å². The predicted molar refractivity (Wildman–Crippen MR) is 129 cm³/mol. The van der Waals surface area contributed by atoms with Crippen molar-refractivity contribution in [3.05, 3.63) is 114 Å². The summed E-state index contributed by atoms with van der Waals surface area (Å²) in [5.74, 6) is -2.15. The van der Waals surface area contributed by atoms with Gasteiger partial charge in [-0.25, -0.2) is 13.2 Å². The molecule has 0 radical (unpaired) electrons. The van der Waals surface area contributed by atoms with Gasteiger partial charge in [0.15, 0.2) is 11.6 Å². The van der Waals surface area contributed by atoms with Gasteiger partial charge in [0.2, 0.25) is 0 Å². The molecule has 33 heavy (non-hydrogen) atoms. The summed E-state index contributed by atoms with van der Waals surface area (Å²) in [6.45, 7) is 14.8. The fourth-order valence-corrected chi connectivity index (χ4v) is 3.63. The Morgan fingerprint density at radius 2 is 1.61 bits per heavy atom. The Labute approximate surface area is 194 Å². The maximum absolute atomic E-state index is 14.7. The average molecular weight is 457 g/mol. The highest BCUT2D eigenvalue weighted by Gasteiger charge is 2.25. The fraction of sp³-hybridized carbons (Fsp3) is 0.286. The monoisotopic (exact) mass is 456 g/mol. The molecular weight excluding hydrogens is 425 g/mol. The van der Waals surface area contributed by atoms with Crippen LogP contribution >= 0.6 is 0 Å². The van der Waals surface area contributed by atoms with Gasteiger partial charge in [0.05, 0.1) is 13.2 Å². The molecule has 1 aromatic carbocycles. The minimum atomic E-state index is -0.877. The summed E-state index contributed by atoms with van der Waals surface area (Å²) >= 11 is 0. The number of hydrogen-bond donors (Lipinski definition) is 0. The van der Waals surface area contributed by atoms with Crippen molar-refractivity contribution in [3.63, 3.8) is 0 Å². The molecule has 0 atom stereocenters. The topological polar surface area (TPSA) is 18.5 Å². The zero-order valence-corrected chi connectivity index (χ0v) is 19.3. The van der Waals surface area contributed by atoms with Crippen molar-refractivity contribution in [1.82, 2.24) is 0 Å². The van der Waals surface area contributed by atoms with E-state index in [0.717, 1.165) is 31.8 Å². The standard InChI is InChI=1S/C28H31F3O2/c1-18(7-9-19(2)21(4)26(29)17-20(3)32-5)8-10-23-13-16-25(28(31)27(23)30)22-11-14-24(33-6)15-12-22/h7-10,13,16-17,22,24H,1-4,11-12,14-15H2,5-6H3/b9-7-,10-8+,26-17+. The third kappa shape index (κ3) is 7.22. The molecule has 0 amide bonds. The minimum Gasteiger partial charge on any atom is -0.497 e. The molecule has 1 fully saturated rings. The summed E-state index contributed by atoms with van der Waals surface area (Å²) < 4.78 is 53.6. The summed E-state index contributed by atoms with van der Waals surface area (Å²) in [5.41, 5.74) is 1.44. The quantitative estimate of drug-likeness (QED) is 0.263. The van der Waals surface area contributed by atoms with Gasteiger partial charge in [0, 0.05) is 24.3 Å². The first-order valence-corrected chi connectivity index (χ1v) is 10.7. The smallest absolute Gasteiger partial charge is 0.166 e. The van der Waals surface area contributed by atoms with Crippen molar-refractivity contribution in [1.29, 1.82) is 0 Å². The highest BCUT2D eigenvalue weighted by atomic mass is 19.2. The number of benzene rings is 1. The Morgan fingerprint density at radius 3 is 2.21 bits per heavy atom. The number of halogens is 3. The Kier molecular flexibility index (Phi) is 9.74. The molecule has 1 aromatic rings. The molecule has 0 spiro atoms. The molecule has 0 aliphatic heterocycles. The normalized spacial score (nSPS) is 19.1. The van der Waals surface area contributed by atoms with Gasteiger partial charge in [0.25, 0.3) is 0 Å². The second-order valence-electron chi connectivity index (χ2n) is 7.99. The van der Waals surface area contributed by atoms with Crippen LogP contribution in [0.5, 0.6) is 0 Å². The van der Waals surface area contributed by atoms with E-state index in [4.69, 9.17) is 9.47 Å². The molecule has 0 N–H and O–H groups in total. The summed E-state index contributed by atoms with van der Waals surface area (Å²) in [6, 6.07) is 3.23. The highest BCUT2D eigenvalue weighted by molar-refractivity contribution is 5.57. The molecule has 176 valence electrons. The van der Waals surface area contributed by atoms with E-state index in [1.54, 1.807) is 31.4 Å². The maximum Gasteiger partial charge on any atom is 0.166 e. The SMILES string of the molecule is C=C(/C=C\C(=C)C(=C)/C(F)=C\C(=C)OC)/C=C/c1ccc(C2CCC(OC)CC2)c(F)c1F. The molecule has 0 bridgehead atoms. The molecule has 1 saturated carbocycles. The lowest BCUT2D eigenvalue weighted by Crippen LogP contribution is -2.20. The van der Waals surface area contributed by atoms with Crippen LogP contribution in [0.4, 0.5) is 13.2 Å². The number of methoxy groups -OCH3 is 2. The van der Waals surface area contributed by atoms with E-state index in [9.17, 15) is 13.2 Å². The third-order valence-corrected chi connectivity index (χ3v) is 5.79. The largest absolute Gasteiger partial charge is 0.497 e. The van der Waals surface area contributed by atoms with Crippen molar-refractivity contribution in [2.45, 2.75) is 37.7 Å². The van der Waals surface area contributed by atoms with Crippen LogP contribution in [0, 0.1) is 11.6 Å². The molecule has 0 saturated heterocycles. The van der Waals surface area contributed by atoms with Gasteiger partial charge in [-0.1, -0.05) is 62.8 Å². The summed E-state index contributed by atoms with van der Waals surface area (Å²) in [5, 5.41) is 0. The van der Waals surface area contributed by atoms with Gasteiger partial charge < -0.3 is 9.47 Å². The van der Waals surface area contributed by atoms with Crippen LogP contribution < -0.4 is 0 Å². The van der Waals surface area contributed by atoms with Crippen molar-refractivity contribution >= 4 is 6.08 Å². The lowest BCUT2D eigenvalue weighted by atomic mass is 9.82. The first-order chi connectivity index (χ1) is 15.7. The van der Waals surface area contributed by atoms with Crippen LogP contribution in [0.2, 0.25) is 0 Å². The molecule has 2 rings (SSSR count). The molecule has 1 aliphatic carbocycles. The van der Waals surface area contributed by atoms with E-state index >= 15 is 0 Å². The van der Waals surface area contributed by atoms with Gasteiger partial charge in [-0.2, -0.15) is 0 Å². The second-order valence-corrected chi connectivity index (χ2v) is 7.99. The number of allylic oxidation sites excluding steroid dienone is 8. The van der Waals surface area contributed by atoms with E-state index in [0.29, 0.717) is 16.7 Å². The van der Waals surface area contributed by atoms with Crippen molar-refractivity contribution in [2.24, 2.45) is 0 Å². The van der Waals surface area contributed by atoms with Crippen LogP contribution in [0.3, 0.4) is 0 Å². The Balaban J connectivity index is 2.04. The van der Waals surface area contributed by atoms with Gasteiger partial charge in [-0.15, -0.1) is 0 Å². The Hall–Kier alpha value is -3.05. The Morgan fingerprint density at radius 1 is 0.939 bits per heavy atom. The van der Waals surface area contributed by atoms with Crippen LogP contribution in [0.15, 0.2) is 91.1 Å². The first kappa shape index (κ1) is 26.2. The third-order valence-electron chi connectivity index (χ3n) is 5.79. The molecule has 5 heteroatoms. The zero-order chi connectivity index (χ0) is 24.5. The zero-order valence-electron chi connectivity index (χ0n) is 19.3. The average Bonchev–Trinajstić information content (AvgIpc) is 2.82. The highest BCUT2D eigenvalue weighted by Crippen LogP contribution is 2.36. The van der Waals surface area contributed by atoms with Crippen LogP contribution in [-0.2, 0) is 9.47 Å². The molecule has 0 heterocycles. The van der Waals surface area contributed by atoms with E-state index in [2.05, 4.69) is 26.3 Å². The lowest BCUT2D eigenvalue weighted by Gasteiger charge is -2.28. The summed E-state index contributed by atoms with van der Waals surface area (Å²) in [6.07, 6.45) is 10.7. The van der Waals surface area contributed by atoms with Gasteiger partial charge in [-0.05, 0) is 48.3 Å². The molecular formula is C28H31F3O2. The molecule has 0 unspecified atom stereocenters. The second kappa shape index (κ2) is 12.3. The number of hydrogen-bond acceptors (Lipinski definition) is 2. The predicted octanol–water partition coefficient (Wildman–Crippen LogP) is 7.89. The van der Waals surface area contributed by atoms with Crippen molar-refractivity contribution < 1.29 is 22.6 Å². The molecule has 1 aliphatic rings. The minimum absolute atomic E-state index is 0.00329. The summed E-state index contributed by atoms with van der Waals surface area (Å²) in [4.78, 5) is 0.